The van der Waals surface area contributed by atoms with Gasteiger partial charge >= 0.3 is 0 Å². The molecule has 4 heteroatoms. The van der Waals surface area contributed by atoms with Gasteiger partial charge in [0.25, 0.3) is 0 Å². The maximum absolute atomic E-state index is 11.7. The first kappa shape index (κ1) is 12.8. The molecule has 0 spiro atoms. The summed E-state index contributed by atoms with van der Waals surface area (Å²) in [5, 5.41) is 6.49. The summed E-state index contributed by atoms with van der Waals surface area (Å²) in [5.74, 6) is 0.746. The molecule has 3 atom stereocenters. The van der Waals surface area contributed by atoms with Crippen LogP contribution in [-0.2, 0) is 9.53 Å². The third-order valence-electron chi connectivity index (χ3n) is 3.79. The summed E-state index contributed by atoms with van der Waals surface area (Å²) in [5.41, 5.74) is 0. The predicted octanol–water partition coefficient (Wildman–Crippen LogP) is 1.06. The maximum atomic E-state index is 11.7. The van der Waals surface area contributed by atoms with Gasteiger partial charge in [-0.3, -0.25) is 4.79 Å². The number of ether oxygens (including phenoxy) is 1. The van der Waals surface area contributed by atoms with E-state index < -0.39 is 0 Å². The average Bonchev–Trinajstić information content (AvgIpc) is 2.81. The number of carbonyl (C=O) groups is 1. The zero-order chi connectivity index (χ0) is 12.1. The Bertz CT molecular complexity index is 244. The normalized spacial score (nSPS) is 33.6. The minimum Gasteiger partial charge on any atom is -0.378 e. The van der Waals surface area contributed by atoms with Crippen molar-refractivity contribution in [3.05, 3.63) is 0 Å². The van der Waals surface area contributed by atoms with Gasteiger partial charge in [-0.25, -0.2) is 0 Å². The van der Waals surface area contributed by atoms with Gasteiger partial charge in [0.15, 0.2) is 0 Å². The second-order valence-electron chi connectivity index (χ2n) is 5.40. The summed E-state index contributed by atoms with van der Waals surface area (Å²) in [6.07, 6.45) is 5.27. The van der Waals surface area contributed by atoms with Crippen LogP contribution < -0.4 is 10.6 Å². The lowest BCUT2D eigenvalue weighted by molar-refractivity contribution is -0.123. The van der Waals surface area contributed by atoms with Crippen LogP contribution in [-0.4, -0.2) is 37.7 Å². The van der Waals surface area contributed by atoms with Crippen LogP contribution >= 0.6 is 0 Å². The molecule has 4 nitrogen and oxygen atoms in total. The number of hydrogen-bond acceptors (Lipinski definition) is 3. The lowest BCUT2D eigenvalue weighted by Gasteiger charge is -2.27. The zero-order valence-corrected chi connectivity index (χ0v) is 10.7. The third-order valence-corrected chi connectivity index (χ3v) is 3.79. The van der Waals surface area contributed by atoms with Gasteiger partial charge in [0.2, 0.25) is 5.91 Å². The lowest BCUT2D eigenvalue weighted by atomic mass is 9.95. The molecule has 2 fully saturated rings. The highest BCUT2D eigenvalue weighted by Crippen LogP contribution is 2.16. The Balaban J connectivity index is 1.59. The van der Waals surface area contributed by atoms with Gasteiger partial charge in [0, 0.05) is 19.2 Å². The number of piperidine rings is 1. The molecule has 0 aromatic carbocycles. The molecule has 2 aliphatic heterocycles. The molecule has 0 bridgehead atoms. The van der Waals surface area contributed by atoms with Crippen LogP contribution in [0.1, 0.15) is 39.0 Å². The van der Waals surface area contributed by atoms with E-state index in [1.54, 1.807) is 0 Å². The van der Waals surface area contributed by atoms with Crippen molar-refractivity contribution in [3.8, 4) is 0 Å². The van der Waals surface area contributed by atoms with E-state index in [1.807, 2.05) is 0 Å². The molecule has 17 heavy (non-hydrogen) atoms. The highest BCUT2D eigenvalue weighted by molar-refractivity contribution is 5.76. The van der Waals surface area contributed by atoms with Crippen LogP contribution in [0.2, 0.25) is 0 Å². The fourth-order valence-electron chi connectivity index (χ4n) is 2.57. The number of nitrogens with one attached hydrogen (secondary N) is 2. The summed E-state index contributed by atoms with van der Waals surface area (Å²) in [7, 11) is 0. The Hall–Kier alpha value is -0.610. The SMILES string of the molecule is CC1CCC(CNC(=O)CC2CCCO2)CN1. The highest BCUT2D eigenvalue weighted by atomic mass is 16.5. The van der Waals surface area contributed by atoms with Gasteiger partial charge in [-0.2, -0.15) is 0 Å². The Morgan fingerprint density at radius 1 is 1.41 bits per heavy atom. The molecular formula is C13H24N2O2. The quantitative estimate of drug-likeness (QED) is 0.772. The monoisotopic (exact) mass is 240 g/mol. The molecule has 2 saturated heterocycles. The summed E-state index contributed by atoms with van der Waals surface area (Å²) in [6, 6.07) is 0.633. The van der Waals surface area contributed by atoms with Crippen LogP contribution in [0.5, 0.6) is 0 Å². The van der Waals surface area contributed by atoms with E-state index in [2.05, 4.69) is 17.6 Å². The van der Waals surface area contributed by atoms with Crippen LogP contribution in [0.3, 0.4) is 0 Å². The topological polar surface area (TPSA) is 50.4 Å². The lowest BCUT2D eigenvalue weighted by Crippen LogP contribution is -2.42. The van der Waals surface area contributed by atoms with E-state index in [0.717, 1.165) is 32.5 Å². The van der Waals surface area contributed by atoms with Crippen molar-refractivity contribution in [2.45, 2.75) is 51.2 Å². The van der Waals surface area contributed by atoms with Crippen LogP contribution in [0.4, 0.5) is 0 Å². The van der Waals surface area contributed by atoms with Gasteiger partial charge in [-0.15, -0.1) is 0 Å². The van der Waals surface area contributed by atoms with Gasteiger partial charge < -0.3 is 15.4 Å². The molecule has 0 radical (unpaired) electrons. The van der Waals surface area contributed by atoms with Gasteiger partial charge in [0.05, 0.1) is 12.5 Å². The molecule has 0 aromatic rings. The first-order valence-electron chi connectivity index (χ1n) is 6.85. The smallest absolute Gasteiger partial charge is 0.222 e. The molecule has 0 aliphatic carbocycles. The standard InChI is InChI=1S/C13H24N2O2/c1-10-4-5-11(8-14-10)9-15-13(16)7-12-3-2-6-17-12/h10-12,14H,2-9H2,1H3,(H,15,16). The summed E-state index contributed by atoms with van der Waals surface area (Å²) < 4.78 is 5.46. The Labute approximate surface area is 103 Å². The van der Waals surface area contributed by atoms with Crippen molar-refractivity contribution >= 4 is 5.91 Å². The maximum Gasteiger partial charge on any atom is 0.222 e. The average molecular weight is 240 g/mol. The second-order valence-corrected chi connectivity index (χ2v) is 5.40. The van der Waals surface area contributed by atoms with E-state index >= 15 is 0 Å². The Morgan fingerprint density at radius 3 is 2.94 bits per heavy atom. The van der Waals surface area contributed by atoms with Crippen molar-refractivity contribution in [3.63, 3.8) is 0 Å². The van der Waals surface area contributed by atoms with E-state index in [0.29, 0.717) is 18.4 Å². The number of amides is 1. The predicted molar refractivity (Wildman–Crippen MR) is 66.8 cm³/mol. The van der Waals surface area contributed by atoms with Gasteiger partial charge in [0.1, 0.15) is 0 Å². The van der Waals surface area contributed by atoms with Crippen molar-refractivity contribution in [1.82, 2.24) is 10.6 Å². The van der Waals surface area contributed by atoms with Crippen LogP contribution in [0.25, 0.3) is 0 Å². The Kier molecular flexibility index (Phi) is 4.80. The number of rotatable bonds is 4. The minimum absolute atomic E-state index is 0.149. The van der Waals surface area contributed by atoms with E-state index in [1.165, 1.54) is 12.8 Å². The first-order valence-corrected chi connectivity index (χ1v) is 6.85. The van der Waals surface area contributed by atoms with Crippen molar-refractivity contribution in [1.29, 1.82) is 0 Å². The molecule has 3 unspecified atom stereocenters. The molecule has 1 amide bonds. The largest absolute Gasteiger partial charge is 0.378 e. The number of hydrogen-bond donors (Lipinski definition) is 2. The summed E-state index contributed by atoms with van der Waals surface area (Å²) >= 11 is 0. The van der Waals surface area contributed by atoms with Gasteiger partial charge in [-0.1, -0.05) is 0 Å². The fraction of sp³-hybridized carbons (Fsp3) is 0.923. The van der Waals surface area contributed by atoms with Crippen LogP contribution in [0.15, 0.2) is 0 Å². The van der Waals surface area contributed by atoms with E-state index in [4.69, 9.17) is 4.74 Å². The van der Waals surface area contributed by atoms with E-state index in [9.17, 15) is 4.79 Å². The molecule has 98 valence electrons. The summed E-state index contributed by atoms with van der Waals surface area (Å²) in [6.45, 7) is 4.88. The van der Waals surface area contributed by atoms with Crippen molar-refractivity contribution < 1.29 is 9.53 Å². The summed E-state index contributed by atoms with van der Waals surface area (Å²) in [4.78, 5) is 11.7. The highest BCUT2D eigenvalue weighted by Gasteiger charge is 2.21. The molecular weight excluding hydrogens is 216 g/mol. The first-order chi connectivity index (χ1) is 8.24. The fourth-order valence-corrected chi connectivity index (χ4v) is 2.57. The van der Waals surface area contributed by atoms with E-state index in [-0.39, 0.29) is 12.0 Å². The molecule has 0 aromatic heterocycles. The minimum atomic E-state index is 0.149. The molecule has 0 saturated carbocycles. The van der Waals surface area contributed by atoms with Crippen LogP contribution in [0, 0.1) is 5.92 Å². The molecule has 2 N–H and O–H groups in total. The second kappa shape index (κ2) is 6.36. The Morgan fingerprint density at radius 2 is 2.29 bits per heavy atom. The third kappa shape index (κ3) is 4.28. The molecule has 2 heterocycles. The zero-order valence-electron chi connectivity index (χ0n) is 10.7. The van der Waals surface area contributed by atoms with Gasteiger partial charge in [-0.05, 0) is 45.1 Å². The van der Waals surface area contributed by atoms with Crippen molar-refractivity contribution in [2.24, 2.45) is 5.92 Å². The molecule has 2 rings (SSSR count). The molecule has 2 aliphatic rings. The number of carbonyl (C=O) groups excluding carboxylic acids is 1. The van der Waals surface area contributed by atoms with Crippen molar-refractivity contribution in [2.75, 3.05) is 19.7 Å².